The fourth-order valence-corrected chi connectivity index (χ4v) is 6.55. The lowest BCUT2D eigenvalue weighted by molar-refractivity contribution is -0.131. The van der Waals surface area contributed by atoms with Crippen molar-refractivity contribution in [2.75, 3.05) is 12.4 Å². The van der Waals surface area contributed by atoms with Crippen LogP contribution in [0.15, 0.2) is 79.0 Å². The molecule has 4 atom stereocenters. The number of ketones is 2. The maximum atomic E-state index is 14.6. The molecule has 192 valence electrons. The standard InChI is InChI=1S/C32H30N2O4/c1-31(2,3)29(36)26-25(27(35)20-13-15-21(38-4)16-14-20)32(23-11-7-8-12-24(23)33-30(32)37)28-22-10-6-5-9-19(22)17-18-34(26)28/h5-18,25-26,28H,1-4H3,(H,33,37)/t25-,26-,28+,32+/m0/s1. The Morgan fingerprint density at radius 1 is 0.947 bits per heavy atom. The summed E-state index contributed by atoms with van der Waals surface area (Å²) in [6.45, 7) is 5.61. The normalized spacial score (nSPS) is 25.0. The van der Waals surface area contributed by atoms with Gasteiger partial charge >= 0.3 is 0 Å². The van der Waals surface area contributed by atoms with Crippen molar-refractivity contribution in [3.63, 3.8) is 0 Å². The zero-order valence-corrected chi connectivity index (χ0v) is 21.9. The molecule has 1 amide bonds. The van der Waals surface area contributed by atoms with E-state index >= 15 is 0 Å². The topological polar surface area (TPSA) is 75.7 Å². The van der Waals surface area contributed by atoms with Gasteiger partial charge in [0, 0.05) is 22.9 Å². The number of rotatable bonds is 4. The molecule has 0 saturated carbocycles. The summed E-state index contributed by atoms with van der Waals surface area (Å²) in [5, 5.41) is 3.07. The Bertz CT molecular complexity index is 1500. The third-order valence-electron chi connectivity index (χ3n) is 8.24. The van der Waals surface area contributed by atoms with Crippen LogP contribution >= 0.6 is 0 Å². The fraction of sp³-hybridized carbons (Fsp3) is 0.281. The van der Waals surface area contributed by atoms with Crippen LogP contribution in [0.4, 0.5) is 5.69 Å². The minimum Gasteiger partial charge on any atom is -0.497 e. The van der Waals surface area contributed by atoms with E-state index in [0.717, 1.165) is 16.7 Å². The van der Waals surface area contributed by atoms with Crippen molar-refractivity contribution >= 4 is 29.2 Å². The number of nitrogens with zero attached hydrogens (tertiary/aromatic N) is 1. The molecule has 38 heavy (non-hydrogen) atoms. The van der Waals surface area contributed by atoms with Gasteiger partial charge in [0.2, 0.25) is 5.91 Å². The number of para-hydroxylation sites is 1. The summed E-state index contributed by atoms with van der Waals surface area (Å²) in [5.41, 5.74) is 1.74. The molecule has 1 saturated heterocycles. The minimum absolute atomic E-state index is 0.0764. The molecule has 3 aliphatic heterocycles. The highest BCUT2D eigenvalue weighted by Crippen LogP contribution is 2.62. The molecule has 1 fully saturated rings. The smallest absolute Gasteiger partial charge is 0.238 e. The van der Waals surface area contributed by atoms with Gasteiger partial charge < -0.3 is 15.0 Å². The van der Waals surface area contributed by atoms with Crippen LogP contribution in [0.25, 0.3) is 6.08 Å². The summed E-state index contributed by atoms with van der Waals surface area (Å²) < 4.78 is 5.30. The lowest BCUT2D eigenvalue weighted by Gasteiger charge is -2.38. The summed E-state index contributed by atoms with van der Waals surface area (Å²) in [7, 11) is 1.57. The Hall–Kier alpha value is -4.19. The Kier molecular flexibility index (Phi) is 5.35. The van der Waals surface area contributed by atoms with E-state index in [9.17, 15) is 14.4 Å². The van der Waals surface area contributed by atoms with Crippen LogP contribution in [0.3, 0.4) is 0 Å². The van der Waals surface area contributed by atoms with Crippen molar-refractivity contribution in [3.05, 3.63) is 101 Å². The number of benzene rings is 3. The Balaban J connectivity index is 1.67. The molecule has 6 rings (SSSR count). The van der Waals surface area contributed by atoms with Crippen molar-refractivity contribution in [3.8, 4) is 5.75 Å². The van der Waals surface area contributed by atoms with Gasteiger partial charge in [0.25, 0.3) is 0 Å². The number of anilines is 1. The molecule has 1 N–H and O–H groups in total. The number of carbonyl (C=O) groups excluding carboxylic acids is 3. The number of fused-ring (bicyclic) bond motifs is 6. The summed E-state index contributed by atoms with van der Waals surface area (Å²) >= 11 is 0. The first-order valence-electron chi connectivity index (χ1n) is 12.9. The fourth-order valence-electron chi connectivity index (χ4n) is 6.55. The van der Waals surface area contributed by atoms with E-state index in [2.05, 4.69) is 5.32 Å². The molecule has 0 unspecified atom stereocenters. The van der Waals surface area contributed by atoms with E-state index in [0.29, 0.717) is 17.0 Å². The summed E-state index contributed by atoms with van der Waals surface area (Å²) in [4.78, 5) is 45.2. The lowest BCUT2D eigenvalue weighted by Crippen LogP contribution is -2.50. The molecule has 3 heterocycles. The van der Waals surface area contributed by atoms with E-state index in [1.807, 2.05) is 86.5 Å². The quantitative estimate of drug-likeness (QED) is 0.479. The highest BCUT2D eigenvalue weighted by molar-refractivity contribution is 6.15. The lowest BCUT2D eigenvalue weighted by atomic mass is 9.62. The van der Waals surface area contributed by atoms with Crippen LogP contribution in [0, 0.1) is 11.3 Å². The largest absolute Gasteiger partial charge is 0.497 e. The second-order valence-electron chi connectivity index (χ2n) is 11.3. The predicted molar refractivity (Wildman–Crippen MR) is 146 cm³/mol. The Morgan fingerprint density at radius 2 is 1.63 bits per heavy atom. The molecule has 6 nitrogen and oxygen atoms in total. The molecule has 3 aromatic rings. The van der Waals surface area contributed by atoms with Gasteiger partial charge in [-0.2, -0.15) is 0 Å². The van der Waals surface area contributed by atoms with Crippen molar-refractivity contribution in [2.24, 2.45) is 11.3 Å². The summed E-state index contributed by atoms with van der Waals surface area (Å²) in [6.07, 6.45) is 3.88. The number of hydrogen-bond donors (Lipinski definition) is 1. The average molecular weight is 507 g/mol. The van der Waals surface area contributed by atoms with Crippen molar-refractivity contribution in [1.29, 1.82) is 0 Å². The van der Waals surface area contributed by atoms with E-state index in [1.165, 1.54) is 0 Å². The van der Waals surface area contributed by atoms with Gasteiger partial charge in [-0.15, -0.1) is 0 Å². The van der Waals surface area contributed by atoms with Crippen LogP contribution in [0.5, 0.6) is 5.75 Å². The van der Waals surface area contributed by atoms with Gasteiger partial charge in [0.05, 0.1) is 25.1 Å². The van der Waals surface area contributed by atoms with E-state index in [-0.39, 0.29) is 17.5 Å². The number of Topliss-reactive ketones (excluding diaryl/α,β-unsaturated/α-hetero) is 2. The third kappa shape index (κ3) is 3.22. The summed E-state index contributed by atoms with van der Waals surface area (Å²) in [6, 6.07) is 21.0. The second-order valence-corrected chi connectivity index (χ2v) is 11.3. The monoisotopic (exact) mass is 506 g/mol. The first-order valence-corrected chi connectivity index (χ1v) is 12.9. The zero-order chi connectivity index (χ0) is 26.8. The number of ether oxygens (including phenoxy) is 1. The number of hydrogen-bond acceptors (Lipinski definition) is 5. The highest BCUT2D eigenvalue weighted by atomic mass is 16.5. The molecule has 6 heteroatoms. The second kappa shape index (κ2) is 8.42. The molecule has 1 spiro atoms. The van der Waals surface area contributed by atoms with Crippen LogP contribution < -0.4 is 10.1 Å². The summed E-state index contributed by atoms with van der Waals surface area (Å²) in [5.74, 6) is -0.889. The average Bonchev–Trinajstić information content (AvgIpc) is 3.39. The molecule has 3 aliphatic rings. The van der Waals surface area contributed by atoms with Crippen LogP contribution in [0.1, 0.15) is 53.9 Å². The van der Waals surface area contributed by atoms with Gasteiger partial charge in [-0.25, -0.2) is 0 Å². The highest BCUT2D eigenvalue weighted by Gasteiger charge is 2.71. The minimum atomic E-state index is -1.31. The Labute approximate surface area is 222 Å². The number of nitrogens with one attached hydrogen (secondary N) is 1. The number of amides is 1. The molecule has 0 bridgehead atoms. The van der Waals surface area contributed by atoms with Gasteiger partial charge in [0.15, 0.2) is 11.6 Å². The van der Waals surface area contributed by atoms with Crippen molar-refractivity contribution in [1.82, 2.24) is 4.90 Å². The SMILES string of the molecule is COc1ccc(C(=O)[C@@H]2[C@@H](C(=O)C(C)(C)C)N3C=Cc4ccccc4[C@@H]3[C@]23C(=O)Nc2ccccc23)cc1. The maximum Gasteiger partial charge on any atom is 0.238 e. The van der Waals surface area contributed by atoms with Gasteiger partial charge in [-0.3, -0.25) is 14.4 Å². The first kappa shape index (κ1) is 24.2. The van der Waals surface area contributed by atoms with E-state index in [1.54, 1.807) is 31.4 Å². The van der Waals surface area contributed by atoms with Gasteiger partial charge in [0.1, 0.15) is 11.2 Å². The van der Waals surface area contributed by atoms with Crippen molar-refractivity contribution < 1.29 is 19.1 Å². The zero-order valence-electron chi connectivity index (χ0n) is 21.9. The number of carbonyl (C=O) groups is 3. The maximum absolute atomic E-state index is 14.6. The van der Waals surface area contributed by atoms with Gasteiger partial charge in [-0.05, 0) is 53.1 Å². The molecule has 0 radical (unpaired) electrons. The predicted octanol–water partition coefficient (Wildman–Crippen LogP) is 5.41. The van der Waals surface area contributed by atoms with Gasteiger partial charge in [-0.1, -0.05) is 63.2 Å². The van der Waals surface area contributed by atoms with Crippen LogP contribution in [-0.2, 0) is 15.0 Å². The molecule has 0 aliphatic carbocycles. The van der Waals surface area contributed by atoms with E-state index in [4.69, 9.17) is 4.74 Å². The molecular weight excluding hydrogens is 476 g/mol. The van der Waals surface area contributed by atoms with Crippen LogP contribution in [-0.4, -0.2) is 35.5 Å². The molecular formula is C32H30N2O4. The molecule has 0 aromatic heterocycles. The van der Waals surface area contributed by atoms with Crippen LogP contribution in [0.2, 0.25) is 0 Å². The first-order chi connectivity index (χ1) is 18.2. The molecule has 3 aromatic carbocycles. The van der Waals surface area contributed by atoms with E-state index < -0.39 is 28.8 Å². The third-order valence-corrected chi connectivity index (χ3v) is 8.24. The number of methoxy groups -OCH3 is 1. The Morgan fingerprint density at radius 3 is 2.34 bits per heavy atom. The van der Waals surface area contributed by atoms with Crippen molar-refractivity contribution in [2.45, 2.75) is 38.3 Å².